The SMILES string of the molecule is CCC1=NC2=CC=C(Cl)[N+]2=C1C(=O)NCc1ccc(N2CCN(c3ccc(F)cc3)CC2)cc1. The summed E-state index contributed by atoms with van der Waals surface area (Å²) in [6, 6.07) is 15.0. The quantitative estimate of drug-likeness (QED) is 0.504. The number of hydrogen-bond donors (Lipinski definition) is 1. The molecule has 1 saturated heterocycles. The highest BCUT2D eigenvalue weighted by molar-refractivity contribution is 6.66. The molecule has 1 fully saturated rings. The molecule has 2 aromatic rings. The lowest BCUT2D eigenvalue weighted by Crippen LogP contribution is -2.46. The molecule has 0 unspecified atom stereocenters. The second-order valence-corrected chi connectivity index (χ2v) is 8.80. The van der Waals surface area contributed by atoms with Gasteiger partial charge in [-0.3, -0.25) is 4.79 Å². The van der Waals surface area contributed by atoms with Crippen LogP contribution >= 0.6 is 11.6 Å². The molecule has 0 atom stereocenters. The van der Waals surface area contributed by atoms with Crippen molar-refractivity contribution < 1.29 is 13.8 Å². The number of amides is 1. The second-order valence-electron chi connectivity index (χ2n) is 8.41. The fraction of sp³-hybridized carbons (Fsp3) is 0.269. The average molecular weight is 479 g/mol. The molecule has 0 radical (unpaired) electrons. The van der Waals surface area contributed by atoms with Gasteiger partial charge in [0.15, 0.2) is 0 Å². The van der Waals surface area contributed by atoms with Crippen molar-refractivity contribution in [3.63, 3.8) is 0 Å². The number of benzene rings is 2. The average Bonchev–Trinajstić information content (AvgIpc) is 3.42. The number of aliphatic imine (C=N–C) groups is 1. The zero-order valence-corrected chi connectivity index (χ0v) is 19.7. The third-order valence-corrected chi connectivity index (χ3v) is 6.63. The first kappa shape index (κ1) is 22.3. The van der Waals surface area contributed by atoms with Gasteiger partial charge in [-0.25, -0.2) is 4.39 Å². The molecular formula is C26H26ClFN5O+. The molecule has 0 aliphatic carbocycles. The van der Waals surface area contributed by atoms with Crippen molar-refractivity contribution in [3.8, 4) is 0 Å². The first-order chi connectivity index (χ1) is 16.5. The van der Waals surface area contributed by atoms with Crippen molar-refractivity contribution in [1.29, 1.82) is 0 Å². The number of piperazine rings is 1. The highest BCUT2D eigenvalue weighted by atomic mass is 35.5. The molecule has 3 heterocycles. The van der Waals surface area contributed by atoms with Crippen LogP contribution in [-0.4, -0.2) is 48.1 Å². The summed E-state index contributed by atoms with van der Waals surface area (Å²) in [6.07, 6.45) is 4.22. The Morgan fingerprint density at radius 2 is 1.59 bits per heavy atom. The Morgan fingerprint density at radius 1 is 1.00 bits per heavy atom. The molecule has 8 heteroatoms. The molecular weight excluding hydrogens is 453 g/mol. The predicted octanol–water partition coefficient (Wildman–Crippen LogP) is 4.02. The number of anilines is 2. The van der Waals surface area contributed by atoms with E-state index < -0.39 is 0 Å². The lowest BCUT2D eigenvalue weighted by molar-refractivity contribution is -0.400. The molecule has 2 aromatic carbocycles. The van der Waals surface area contributed by atoms with Gasteiger partial charge in [0.2, 0.25) is 16.6 Å². The first-order valence-electron chi connectivity index (χ1n) is 11.5. The van der Waals surface area contributed by atoms with Crippen molar-refractivity contribution in [2.45, 2.75) is 19.9 Å². The van der Waals surface area contributed by atoms with Crippen molar-refractivity contribution in [2.24, 2.45) is 4.99 Å². The van der Waals surface area contributed by atoms with Gasteiger partial charge in [0.05, 0.1) is 0 Å². The van der Waals surface area contributed by atoms with Crippen LogP contribution in [0.15, 0.2) is 76.7 Å². The number of rotatable bonds is 6. The molecule has 3 aliphatic rings. The van der Waals surface area contributed by atoms with Gasteiger partial charge in [0.25, 0.3) is 5.91 Å². The fourth-order valence-corrected chi connectivity index (χ4v) is 4.71. The number of hydrogen-bond acceptors (Lipinski definition) is 4. The Labute approximate surface area is 203 Å². The molecule has 5 rings (SSSR count). The van der Waals surface area contributed by atoms with E-state index in [1.165, 1.54) is 12.1 Å². The van der Waals surface area contributed by atoms with Gasteiger partial charge in [0, 0.05) is 62.7 Å². The summed E-state index contributed by atoms with van der Waals surface area (Å²) in [7, 11) is 0. The maximum absolute atomic E-state index is 13.2. The van der Waals surface area contributed by atoms with Crippen molar-refractivity contribution >= 4 is 40.3 Å². The predicted molar refractivity (Wildman–Crippen MR) is 134 cm³/mol. The van der Waals surface area contributed by atoms with E-state index in [-0.39, 0.29) is 11.7 Å². The zero-order valence-electron chi connectivity index (χ0n) is 19.0. The van der Waals surface area contributed by atoms with Crippen LogP contribution in [0.3, 0.4) is 0 Å². The lowest BCUT2D eigenvalue weighted by Gasteiger charge is -2.37. The Bertz CT molecular complexity index is 1220. The molecule has 0 aromatic heterocycles. The number of halogens is 2. The summed E-state index contributed by atoms with van der Waals surface area (Å²) >= 11 is 6.27. The fourth-order valence-electron chi connectivity index (χ4n) is 4.48. The first-order valence-corrected chi connectivity index (χ1v) is 11.9. The third kappa shape index (κ3) is 4.35. The minimum absolute atomic E-state index is 0.182. The molecule has 0 spiro atoms. The highest BCUT2D eigenvalue weighted by Crippen LogP contribution is 2.25. The molecule has 1 N–H and O–H groups in total. The minimum atomic E-state index is -0.210. The van der Waals surface area contributed by atoms with Crippen LogP contribution < -0.4 is 15.1 Å². The maximum atomic E-state index is 13.2. The summed E-state index contributed by atoms with van der Waals surface area (Å²) in [5, 5.41) is 3.49. The van der Waals surface area contributed by atoms with E-state index in [4.69, 9.17) is 11.6 Å². The number of nitrogens with zero attached hydrogens (tertiary/aromatic N) is 4. The van der Waals surface area contributed by atoms with Gasteiger partial charge in [-0.1, -0.05) is 19.1 Å². The number of fused-ring (bicyclic) bond motifs is 1. The zero-order chi connectivity index (χ0) is 23.7. The summed E-state index contributed by atoms with van der Waals surface area (Å²) < 4.78 is 14.9. The van der Waals surface area contributed by atoms with Crippen LogP contribution in [0.1, 0.15) is 18.9 Å². The topological polar surface area (TPSA) is 51.0 Å². The summed E-state index contributed by atoms with van der Waals surface area (Å²) in [6.45, 7) is 5.95. The normalized spacial score (nSPS) is 17.4. The Morgan fingerprint density at radius 3 is 2.18 bits per heavy atom. The third-order valence-electron chi connectivity index (χ3n) is 6.34. The summed E-state index contributed by atoms with van der Waals surface area (Å²) in [4.78, 5) is 22.1. The second kappa shape index (κ2) is 9.43. The Kier molecular flexibility index (Phi) is 6.20. The highest BCUT2D eigenvalue weighted by Gasteiger charge is 2.40. The van der Waals surface area contributed by atoms with E-state index in [1.807, 2.05) is 37.3 Å². The molecule has 0 saturated carbocycles. The van der Waals surface area contributed by atoms with Crippen LogP contribution in [0.4, 0.5) is 15.8 Å². The van der Waals surface area contributed by atoms with E-state index in [0.29, 0.717) is 29.7 Å². The van der Waals surface area contributed by atoms with Gasteiger partial charge in [-0.2, -0.15) is 4.58 Å². The Hall–Kier alpha value is -3.45. The van der Waals surface area contributed by atoms with Crippen LogP contribution in [0.2, 0.25) is 0 Å². The van der Waals surface area contributed by atoms with Crippen molar-refractivity contribution in [1.82, 2.24) is 5.32 Å². The van der Waals surface area contributed by atoms with Crippen LogP contribution in [0, 0.1) is 5.82 Å². The molecule has 174 valence electrons. The van der Waals surface area contributed by atoms with Crippen molar-refractivity contribution in [2.75, 3.05) is 36.0 Å². The van der Waals surface area contributed by atoms with Gasteiger partial charge in [-0.05, 0) is 58.6 Å². The van der Waals surface area contributed by atoms with Crippen LogP contribution in [-0.2, 0) is 11.3 Å². The van der Waals surface area contributed by atoms with Gasteiger partial charge in [0.1, 0.15) is 5.82 Å². The van der Waals surface area contributed by atoms with Gasteiger partial charge < -0.3 is 15.1 Å². The summed E-state index contributed by atoms with van der Waals surface area (Å²) in [5.41, 5.74) is 4.47. The molecule has 3 aliphatic heterocycles. The number of carbonyl (C=O) groups is 1. The monoisotopic (exact) mass is 478 g/mol. The van der Waals surface area contributed by atoms with E-state index in [1.54, 1.807) is 10.7 Å². The van der Waals surface area contributed by atoms with Crippen molar-refractivity contribution in [3.05, 3.63) is 83.0 Å². The number of allylic oxidation sites excluding steroid dienone is 2. The molecule has 6 nitrogen and oxygen atoms in total. The van der Waals surface area contributed by atoms with Gasteiger partial charge >= 0.3 is 5.82 Å². The maximum Gasteiger partial charge on any atom is 0.330 e. The molecule has 34 heavy (non-hydrogen) atoms. The van der Waals surface area contributed by atoms with E-state index in [9.17, 15) is 9.18 Å². The van der Waals surface area contributed by atoms with E-state index >= 15 is 0 Å². The van der Waals surface area contributed by atoms with Gasteiger partial charge in [-0.15, -0.1) is 0 Å². The van der Waals surface area contributed by atoms with E-state index in [2.05, 4.69) is 32.2 Å². The molecule has 0 bridgehead atoms. The largest absolute Gasteiger partial charge is 0.368 e. The standard InChI is InChI=1S/C26H25ClFN5O/c1-2-22-25(33-23(27)11-12-24(33)30-22)26(34)29-17-18-3-7-20(8-4-18)31-13-15-32(16-14-31)21-9-5-19(28)6-10-21/h3-12H,2,13-17H2,1H3/p+1. The van der Waals surface area contributed by atoms with Crippen LogP contribution in [0.5, 0.6) is 0 Å². The van der Waals surface area contributed by atoms with Crippen LogP contribution in [0.25, 0.3) is 0 Å². The smallest absolute Gasteiger partial charge is 0.330 e. The number of carbonyl (C=O) groups excluding carboxylic acids is 1. The molecule has 1 amide bonds. The lowest BCUT2D eigenvalue weighted by atomic mass is 10.1. The number of nitrogens with one attached hydrogen (secondary N) is 1. The summed E-state index contributed by atoms with van der Waals surface area (Å²) in [5.74, 6) is 0.298. The van der Waals surface area contributed by atoms with E-state index in [0.717, 1.165) is 48.8 Å². The minimum Gasteiger partial charge on any atom is -0.368 e. The Balaban J connectivity index is 1.17.